The first kappa shape index (κ1) is 25.2. The van der Waals surface area contributed by atoms with Gasteiger partial charge in [0, 0.05) is 0 Å². The van der Waals surface area contributed by atoms with Gasteiger partial charge in [-0.15, -0.1) is 0 Å². The third-order valence-corrected chi connectivity index (χ3v) is 6.02. The molecule has 1 aliphatic rings. The van der Waals surface area contributed by atoms with Crippen molar-refractivity contribution in [2.75, 3.05) is 0 Å². The zero-order valence-electron chi connectivity index (χ0n) is 18.7. The summed E-state index contributed by atoms with van der Waals surface area (Å²) in [6.07, 6.45) is 25.5. The molecule has 164 valence electrons. The van der Waals surface area contributed by atoms with Gasteiger partial charge in [0.1, 0.15) is 12.2 Å². The highest BCUT2D eigenvalue weighted by atomic mass is 16.6. The molecule has 0 aliphatic carbocycles. The van der Waals surface area contributed by atoms with E-state index in [2.05, 4.69) is 19.1 Å². The summed E-state index contributed by atoms with van der Waals surface area (Å²) in [6.45, 7) is 4.04. The maximum Gasteiger partial charge on any atom is 0.312 e. The predicted octanol–water partition coefficient (Wildman–Crippen LogP) is 7.12. The lowest BCUT2D eigenvalue weighted by Gasteiger charge is -2.11. The third-order valence-electron chi connectivity index (χ3n) is 6.02. The van der Waals surface area contributed by atoms with Crippen molar-refractivity contribution in [3.63, 3.8) is 0 Å². The van der Waals surface area contributed by atoms with E-state index in [4.69, 9.17) is 4.74 Å². The van der Waals surface area contributed by atoms with Crippen LogP contribution in [-0.4, -0.2) is 23.3 Å². The second-order valence-corrected chi connectivity index (χ2v) is 8.67. The first-order chi connectivity index (χ1) is 13.7. The Balaban J connectivity index is 1.78. The van der Waals surface area contributed by atoms with Crippen LogP contribution in [-0.2, 0) is 9.53 Å². The van der Waals surface area contributed by atoms with E-state index in [0.717, 1.165) is 19.3 Å². The molecule has 0 spiro atoms. The van der Waals surface area contributed by atoms with Crippen molar-refractivity contribution in [1.29, 1.82) is 0 Å². The van der Waals surface area contributed by atoms with Crippen LogP contribution in [0.5, 0.6) is 0 Å². The molecule has 0 aromatic carbocycles. The minimum absolute atomic E-state index is 0.207. The average molecular weight is 395 g/mol. The van der Waals surface area contributed by atoms with Gasteiger partial charge in [-0.25, -0.2) is 0 Å². The van der Waals surface area contributed by atoms with E-state index in [-0.39, 0.29) is 18.0 Å². The van der Waals surface area contributed by atoms with Gasteiger partial charge < -0.3 is 9.84 Å². The lowest BCUT2D eigenvalue weighted by atomic mass is 9.95. The zero-order chi connectivity index (χ0) is 20.5. The van der Waals surface area contributed by atoms with E-state index in [1.165, 1.54) is 89.9 Å². The van der Waals surface area contributed by atoms with Crippen LogP contribution in [0.4, 0.5) is 0 Å². The van der Waals surface area contributed by atoms with E-state index in [0.29, 0.717) is 0 Å². The molecule has 0 aromatic heterocycles. The normalized spacial score (nSPS) is 22.2. The molecule has 0 bridgehead atoms. The summed E-state index contributed by atoms with van der Waals surface area (Å²) in [5.74, 6) is -0.495. The topological polar surface area (TPSA) is 46.5 Å². The lowest BCUT2D eigenvalue weighted by molar-refractivity contribution is -0.143. The van der Waals surface area contributed by atoms with Gasteiger partial charge in [-0.3, -0.25) is 4.79 Å². The van der Waals surface area contributed by atoms with Gasteiger partial charge in [0.05, 0.1) is 5.92 Å². The Bertz CT molecular complexity index is 405. The van der Waals surface area contributed by atoms with Crippen molar-refractivity contribution < 1.29 is 14.6 Å². The molecule has 1 rings (SSSR count). The van der Waals surface area contributed by atoms with Gasteiger partial charge >= 0.3 is 5.97 Å². The summed E-state index contributed by atoms with van der Waals surface area (Å²) in [5, 5.41) is 9.92. The molecule has 1 heterocycles. The number of esters is 1. The summed E-state index contributed by atoms with van der Waals surface area (Å²) in [5.41, 5.74) is 0. The summed E-state index contributed by atoms with van der Waals surface area (Å²) in [7, 11) is 0. The van der Waals surface area contributed by atoms with Gasteiger partial charge in [0.25, 0.3) is 0 Å². The Morgan fingerprint density at radius 3 is 1.71 bits per heavy atom. The van der Waals surface area contributed by atoms with Crippen LogP contribution < -0.4 is 0 Å². The number of unbranched alkanes of at least 4 members (excludes halogenated alkanes) is 14. The van der Waals surface area contributed by atoms with Crippen LogP contribution in [0.15, 0.2) is 12.2 Å². The molecule has 1 aliphatic heterocycles. The second kappa shape index (κ2) is 17.1. The van der Waals surface area contributed by atoms with Crippen molar-refractivity contribution in [1.82, 2.24) is 0 Å². The first-order valence-electron chi connectivity index (χ1n) is 12.2. The number of hydrogen-bond donors (Lipinski definition) is 1. The number of allylic oxidation sites excluding steroid dienone is 2. The molecular formula is C25H46O3. The highest BCUT2D eigenvalue weighted by Crippen LogP contribution is 2.26. The third kappa shape index (κ3) is 11.9. The van der Waals surface area contributed by atoms with E-state index in [1.54, 1.807) is 6.92 Å². The zero-order valence-corrected chi connectivity index (χ0v) is 18.7. The van der Waals surface area contributed by atoms with Crippen LogP contribution in [0.3, 0.4) is 0 Å². The highest BCUT2D eigenvalue weighted by molar-refractivity contribution is 5.75. The van der Waals surface area contributed by atoms with Crippen molar-refractivity contribution in [2.45, 2.75) is 135 Å². The Labute approximate surface area is 174 Å². The molecule has 0 unspecified atom stereocenters. The minimum atomic E-state index is -0.604. The number of aliphatic hydroxyl groups is 1. The monoisotopic (exact) mass is 394 g/mol. The van der Waals surface area contributed by atoms with Gasteiger partial charge in [-0.2, -0.15) is 0 Å². The van der Waals surface area contributed by atoms with Crippen molar-refractivity contribution in [2.24, 2.45) is 5.92 Å². The fourth-order valence-corrected chi connectivity index (χ4v) is 4.06. The van der Waals surface area contributed by atoms with Crippen LogP contribution in [0.2, 0.25) is 0 Å². The maximum absolute atomic E-state index is 11.6. The van der Waals surface area contributed by atoms with Crippen LogP contribution in [0, 0.1) is 5.92 Å². The summed E-state index contributed by atoms with van der Waals surface area (Å²) in [4.78, 5) is 11.6. The Morgan fingerprint density at radius 1 is 0.786 bits per heavy atom. The van der Waals surface area contributed by atoms with Gasteiger partial charge in [-0.1, -0.05) is 96.1 Å². The molecule has 28 heavy (non-hydrogen) atoms. The summed E-state index contributed by atoms with van der Waals surface area (Å²) in [6, 6.07) is 0. The molecule has 3 nitrogen and oxygen atoms in total. The predicted molar refractivity (Wildman–Crippen MR) is 118 cm³/mol. The second-order valence-electron chi connectivity index (χ2n) is 8.67. The number of aliphatic hydroxyl groups excluding tert-OH is 1. The number of cyclic esters (lactones) is 1. The molecule has 0 saturated carbocycles. The fraction of sp³-hybridized carbons (Fsp3) is 0.880. The average Bonchev–Trinajstić information content (AvgIpc) is 2.92. The van der Waals surface area contributed by atoms with E-state index < -0.39 is 6.10 Å². The van der Waals surface area contributed by atoms with E-state index in [1.807, 2.05) is 0 Å². The standard InChI is InChI=1S/C25H46O3/c1-3-4-5-6-7-8-9-10-11-12-13-14-15-16-17-18-19-20-21-23-24(26)22(2)28-25(23)27/h10-11,22-24,26H,3-9,12-21H2,1-2H3/b11-10-/t22-,23-,24+/m0/s1. The highest BCUT2D eigenvalue weighted by Gasteiger charge is 2.40. The molecule has 1 fully saturated rings. The van der Waals surface area contributed by atoms with E-state index in [9.17, 15) is 9.90 Å². The van der Waals surface area contributed by atoms with Crippen molar-refractivity contribution in [3.8, 4) is 0 Å². The molecule has 1 N–H and O–H groups in total. The van der Waals surface area contributed by atoms with Gasteiger partial charge in [0.2, 0.25) is 0 Å². The van der Waals surface area contributed by atoms with Gasteiger partial charge in [-0.05, 0) is 39.0 Å². The van der Waals surface area contributed by atoms with Crippen molar-refractivity contribution in [3.05, 3.63) is 12.2 Å². The van der Waals surface area contributed by atoms with Crippen LogP contribution >= 0.6 is 0 Å². The largest absolute Gasteiger partial charge is 0.460 e. The molecule has 3 atom stereocenters. The molecule has 0 radical (unpaired) electrons. The fourth-order valence-electron chi connectivity index (χ4n) is 4.06. The Hall–Kier alpha value is -0.830. The molecule has 3 heteroatoms. The molecule has 0 aromatic rings. The summed E-state index contributed by atoms with van der Waals surface area (Å²) < 4.78 is 5.08. The number of hydrogen-bond acceptors (Lipinski definition) is 3. The Morgan fingerprint density at radius 2 is 1.25 bits per heavy atom. The quantitative estimate of drug-likeness (QED) is 0.153. The molecule has 0 amide bonds. The lowest BCUT2D eigenvalue weighted by Crippen LogP contribution is -2.24. The first-order valence-corrected chi connectivity index (χ1v) is 12.2. The Kier molecular flexibility index (Phi) is 15.4. The number of carbonyl (C=O) groups is 1. The minimum Gasteiger partial charge on any atom is -0.460 e. The van der Waals surface area contributed by atoms with Crippen molar-refractivity contribution >= 4 is 5.97 Å². The van der Waals surface area contributed by atoms with Crippen LogP contribution in [0.25, 0.3) is 0 Å². The maximum atomic E-state index is 11.6. The SMILES string of the molecule is CCCCCCCC/C=C\CCCCCCCCCC[C@@H]1C(=O)O[C@@H](C)[C@H]1O. The van der Waals surface area contributed by atoms with E-state index >= 15 is 0 Å². The number of rotatable bonds is 18. The number of ether oxygens (including phenoxy) is 1. The smallest absolute Gasteiger partial charge is 0.312 e. The molecule has 1 saturated heterocycles. The summed E-state index contributed by atoms with van der Waals surface area (Å²) >= 11 is 0. The van der Waals surface area contributed by atoms with Crippen LogP contribution in [0.1, 0.15) is 123 Å². The number of carbonyl (C=O) groups excluding carboxylic acids is 1. The molecular weight excluding hydrogens is 348 g/mol. The van der Waals surface area contributed by atoms with Gasteiger partial charge in [0.15, 0.2) is 0 Å².